The van der Waals surface area contributed by atoms with Crippen molar-refractivity contribution in [3.05, 3.63) is 39.0 Å². The van der Waals surface area contributed by atoms with Gasteiger partial charge in [0.2, 0.25) is 10.0 Å². The molecule has 0 fully saturated rings. The highest BCUT2D eigenvalue weighted by Gasteiger charge is 2.17. The molecule has 0 saturated carbocycles. The normalized spacial score (nSPS) is 11.6. The molecule has 0 aliphatic carbocycles. The molecule has 20 heavy (non-hydrogen) atoms. The Bertz CT molecular complexity index is 728. The zero-order valence-corrected chi connectivity index (χ0v) is 13.9. The number of hydrogen-bond acceptors (Lipinski definition) is 5. The van der Waals surface area contributed by atoms with Crippen LogP contribution >= 0.6 is 27.3 Å². The molecule has 2 rings (SSSR count). The van der Waals surface area contributed by atoms with Crippen LogP contribution < -0.4 is 15.8 Å². The van der Waals surface area contributed by atoms with Gasteiger partial charge < -0.3 is 10.6 Å². The van der Waals surface area contributed by atoms with Crippen molar-refractivity contribution in [3.8, 4) is 0 Å². The maximum atomic E-state index is 11.5. The van der Waals surface area contributed by atoms with Crippen molar-refractivity contribution in [1.29, 1.82) is 0 Å². The molecule has 0 aliphatic rings. The van der Waals surface area contributed by atoms with Crippen LogP contribution in [0.15, 0.2) is 39.0 Å². The summed E-state index contributed by atoms with van der Waals surface area (Å²) in [4.78, 5) is 2.98. The Balaban J connectivity index is 2.33. The van der Waals surface area contributed by atoms with Gasteiger partial charge in [-0.3, -0.25) is 0 Å². The maximum absolute atomic E-state index is 11.5. The number of para-hydroxylation sites is 1. The highest BCUT2D eigenvalue weighted by molar-refractivity contribution is 9.10. The van der Waals surface area contributed by atoms with Crippen LogP contribution in [-0.4, -0.2) is 15.5 Å². The van der Waals surface area contributed by atoms with E-state index >= 15 is 0 Å². The lowest BCUT2D eigenvalue weighted by molar-refractivity contribution is 0.598. The van der Waals surface area contributed by atoms with E-state index in [-0.39, 0.29) is 10.6 Å². The van der Waals surface area contributed by atoms with Crippen LogP contribution in [0, 0.1) is 0 Å². The number of nitrogen functional groups attached to an aromatic ring is 1. The van der Waals surface area contributed by atoms with Crippen molar-refractivity contribution in [3.63, 3.8) is 0 Å². The number of hydrogen-bond donors (Lipinski definition) is 2. The molecule has 5 nitrogen and oxygen atoms in total. The van der Waals surface area contributed by atoms with Crippen molar-refractivity contribution >= 4 is 48.7 Å². The van der Waals surface area contributed by atoms with E-state index in [1.165, 1.54) is 6.07 Å². The van der Waals surface area contributed by atoms with E-state index in [0.717, 1.165) is 9.35 Å². The van der Waals surface area contributed by atoms with E-state index in [4.69, 9.17) is 10.9 Å². The van der Waals surface area contributed by atoms with Crippen molar-refractivity contribution < 1.29 is 8.42 Å². The Morgan fingerprint density at radius 3 is 2.65 bits per heavy atom. The summed E-state index contributed by atoms with van der Waals surface area (Å²) >= 11 is 5.02. The summed E-state index contributed by atoms with van der Waals surface area (Å²) in [6, 6.07) is 6.82. The summed E-state index contributed by atoms with van der Waals surface area (Å²) in [5.41, 5.74) is 6.74. The van der Waals surface area contributed by atoms with E-state index in [2.05, 4.69) is 15.9 Å². The molecule has 1 heterocycles. The predicted molar refractivity (Wildman–Crippen MR) is 86.4 cm³/mol. The summed E-state index contributed by atoms with van der Waals surface area (Å²) in [5.74, 6) is 0. The third-order valence-corrected chi connectivity index (χ3v) is 5.43. The number of benzene rings is 1. The third kappa shape index (κ3) is 3.32. The summed E-state index contributed by atoms with van der Waals surface area (Å²) < 4.78 is 24.0. The number of sulfonamides is 1. The Kier molecular flexibility index (Phi) is 4.38. The Labute approximate surface area is 130 Å². The van der Waals surface area contributed by atoms with E-state index in [9.17, 15) is 8.42 Å². The van der Waals surface area contributed by atoms with Gasteiger partial charge in [-0.25, -0.2) is 13.6 Å². The molecule has 0 amide bonds. The van der Waals surface area contributed by atoms with Gasteiger partial charge in [0.25, 0.3) is 0 Å². The Morgan fingerprint density at radius 2 is 2.10 bits per heavy atom. The third-order valence-electron chi connectivity index (χ3n) is 2.78. The largest absolute Gasteiger partial charge is 0.396 e. The van der Waals surface area contributed by atoms with E-state index in [1.807, 2.05) is 23.4 Å². The number of halogens is 1. The average Bonchev–Trinajstić information content (AvgIpc) is 2.73. The lowest BCUT2D eigenvalue weighted by Gasteiger charge is -2.21. The molecule has 4 N–H and O–H groups in total. The second-order valence-corrected chi connectivity index (χ2v) is 7.76. The van der Waals surface area contributed by atoms with Gasteiger partial charge in [-0.05, 0) is 34.1 Å². The van der Waals surface area contributed by atoms with Gasteiger partial charge in [-0.15, -0.1) is 11.3 Å². The van der Waals surface area contributed by atoms with Crippen LogP contribution in [0.4, 0.5) is 11.4 Å². The quantitative estimate of drug-likeness (QED) is 0.802. The average molecular weight is 376 g/mol. The zero-order valence-electron chi connectivity index (χ0n) is 10.7. The lowest BCUT2D eigenvalue weighted by atomic mass is 10.2. The molecule has 0 atom stereocenters. The van der Waals surface area contributed by atoms with Gasteiger partial charge in [0.15, 0.2) is 0 Å². The van der Waals surface area contributed by atoms with Crippen LogP contribution in [0.25, 0.3) is 0 Å². The first-order valence-corrected chi connectivity index (χ1v) is 8.86. The fourth-order valence-electron chi connectivity index (χ4n) is 1.87. The van der Waals surface area contributed by atoms with E-state index in [0.29, 0.717) is 12.2 Å². The maximum Gasteiger partial charge on any atom is 0.240 e. The standard InChI is InChI=1S/C12H14BrN3O2S2/c1-16(6-9-5-8(13)7-19-9)10-3-2-4-11(12(10)14)20(15,17)18/h2-5,7H,6,14H2,1H3,(H2,15,17,18). The van der Waals surface area contributed by atoms with Crippen LogP contribution in [-0.2, 0) is 16.6 Å². The second-order valence-electron chi connectivity index (χ2n) is 4.32. The molecule has 0 aliphatic heterocycles. The number of thiophene rings is 1. The van der Waals surface area contributed by atoms with Gasteiger partial charge in [0.05, 0.1) is 17.9 Å². The lowest BCUT2D eigenvalue weighted by Crippen LogP contribution is -2.20. The van der Waals surface area contributed by atoms with Crippen molar-refractivity contribution in [2.75, 3.05) is 17.7 Å². The fourth-order valence-corrected chi connectivity index (χ4v) is 4.05. The van der Waals surface area contributed by atoms with E-state index < -0.39 is 10.0 Å². The molecule has 1 aromatic carbocycles. The minimum absolute atomic E-state index is 0.0470. The minimum Gasteiger partial charge on any atom is -0.396 e. The van der Waals surface area contributed by atoms with Crippen LogP contribution in [0.5, 0.6) is 0 Å². The van der Waals surface area contributed by atoms with Gasteiger partial charge in [0, 0.05) is 21.8 Å². The summed E-state index contributed by atoms with van der Waals surface area (Å²) in [5, 5.41) is 7.15. The Hall–Kier alpha value is -1.09. The summed E-state index contributed by atoms with van der Waals surface area (Å²) in [6.07, 6.45) is 0. The predicted octanol–water partition coefficient (Wildman–Crippen LogP) is 2.38. The first-order valence-electron chi connectivity index (χ1n) is 5.64. The van der Waals surface area contributed by atoms with E-state index in [1.54, 1.807) is 23.5 Å². The SMILES string of the molecule is CN(Cc1cc(Br)cs1)c1cccc(S(N)(=O)=O)c1N. The number of anilines is 2. The molecule has 8 heteroatoms. The molecule has 0 bridgehead atoms. The summed E-state index contributed by atoms with van der Waals surface area (Å²) in [7, 11) is -1.96. The number of rotatable bonds is 4. The van der Waals surface area contributed by atoms with Crippen LogP contribution in [0.2, 0.25) is 0 Å². The monoisotopic (exact) mass is 375 g/mol. The first-order chi connectivity index (χ1) is 9.29. The zero-order chi connectivity index (χ0) is 14.9. The molecular weight excluding hydrogens is 362 g/mol. The molecule has 0 unspecified atom stereocenters. The second kappa shape index (κ2) is 5.72. The molecule has 108 valence electrons. The van der Waals surface area contributed by atoms with Gasteiger partial charge in [0.1, 0.15) is 4.90 Å². The van der Waals surface area contributed by atoms with Crippen LogP contribution in [0.1, 0.15) is 4.88 Å². The summed E-state index contributed by atoms with van der Waals surface area (Å²) in [6.45, 7) is 0.633. The molecular formula is C12H14BrN3O2S2. The molecule has 0 saturated heterocycles. The van der Waals surface area contributed by atoms with Gasteiger partial charge in [-0.2, -0.15) is 0 Å². The molecule has 2 aromatic rings. The van der Waals surface area contributed by atoms with Crippen molar-refractivity contribution in [2.24, 2.45) is 5.14 Å². The van der Waals surface area contributed by atoms with Gasteiger partial charge in [-0.1, -0.05) is 6.07 Å². The highest BCUT2D eigenvalue weighted by atomic mass is 79.9. The first kappa shape index (κ1) is 15.3. The van der Waals surface area contributed by atoms with Crippen LogP contribution in [0.3, 0.4) is 0 Å². The number of nitrogens with two attached hydrogens (primary N) is 2. The highest BCUT2D eigenvalue weighted by Crippen LogP contribution is 2.30. The van der Waals surface area contributed by atoms with Crippen molar-refractivity contribution in [1.82, 2.24) is 0 Å². The fraction of sp³-hybridized carbons (Fsp3) is 0.167. The smallest absolute Gasteiger partial charge is 0.240 e. The molecule has 1 aromatic heterocycles. The minimum atomic E-state index is -3.81. The van der Waals surface area contributed by atoms with Gasteiger partial charge >= 0.3 is 0 Å². The van der Waals surface area contributed by atoms with Crippen molar-refractivity contribution in [2.45, 2.75) is 11.4 Å². The Morgan fingerprint density at radius 1 is 1.40 bits per heavy atom. The number of nitrogens with zero attached hydrogens (tertiary/aromatic N) is 1. The topological polar surface area (TPSA) is 89.4 Å². The molecule has 0 radical (unpaired) electrons. The number of primary sulfonamides is 1. The molecule has 0 spiro atoms.